The molecule has 2 N–H and O–H groups in total. The second-order valence-corrected chi connectivity index (χ2v) is 7.79. The summed E-state index contributed by atoms with van der Waals surface area (Å²) in [6.45, 7) is 2.07. The van der Waals surface area contributed by atoms with Crippen LogP contribution in [0, 0.1) is 6.92 Å². The first-order valence-corrected chi connectivity index (χ1v) is 9.13. The highest BCUT2D eigenvalue weighted by Crippen LogP contribution is 2.37. The molecule has 0 radical (unpaired) electrons. The van der Waals surface area contributed by atoms with Crippen molar-refractivity contribution < 1.29 is 4.42 Å². The third kappa shape index (κ3) is 2.31. The number of thiophene rings is 1. The molecule has 2 nitrogen and oxygen atoms in total. The maximum Gasteiger partial charge on any atom is 0.137 e. The molecule has 1 aliphatic heterocycles. The molecule has 0 saturated carbocycles. The molecule has 0 saturated heterocycles. The third-order valence-electron chi connectivity index (χ3n) is 4.02. The van der Waals surface area contributed by atoms with Crippen molar-refractivity contribution in [2.45, 2.75) is 25.1 Å². The van der Waals surface area contributed by atoms with E-state index in [-0.39, 0.29) is 6.04 Å². The highest BCUT2D eigenvalue weighted by molar-refractivity contribution is 7.98. The van der Waals surface area contributed by atoms with Crippen LogP contribution in [0.15, 0.2) is 34.7 Å². The summed E-state index contributed by atoms with van der Waals surface area (Å²) >= 11 is 3.86. The van der Waals surface area contributed by atoms with Crippen LogP contribution in [0.2, 0.25) is 0 Å². The van der Waals surface area contributed by atoms with Crippen molar-refractivity contribution >= 4 is 34.1 Å². The highest BCUT2D eigenvalue weighted by Gasteiger charge is 2.20. The van der Waals surface area contributed by atoms with Gasteiger partial charge in [0.15, 0.2) is 0 Å². The molecule has 21 heavy (non-hydrogen) atoms. The van der Waals surface area contributed by atoms with Crippen LogP contribution >= 0.6 is 23.1 Å². The van der Waals surface area contributed by atoms with E-state index in [1.807, 2.05) is 23.1 Å². The molecule has 108 valence electrons. The van der Waals surface area contributed by atoms with E-state index in [2.05, 4.69) is 37.3 Å². The minimum absolute atomic E-state index is 0.155. The summed E-state index contributed by atoms with van der Waals surface area (Å²) < 4.78 is 6.02. The number of nitrogens with two attached hydrogens (primary N) is 1. The Kier molecular flexibility index (Phi) is 3.32. The Labute approximate surface area is 132 Å². The quantitative estimate of drug-likeness (QED) is 0.749. The summed E-state index contributed by atoms with van der Waals surface area (Å²) in [5, 5.41) is 1.14. The lowest BCUT2D eigenvalue weighted by Crippen LogP contribution is -2.08. The molecule has 4 rings (SSSR count). The second kappa shape index (κ2) is 5.20. The molecule has 3 heterocycles. The Morgan fingerprint density at radius 2 is 2.19 bits per heavy atom. The number of para-hydroxylation sites is 1. The lowest BCUT2D eigenvalue weighted by molar-refractivity contribution is 0.526. The molecule has 1 atom stereocenters. The smallest absolute Gasteiger partial charge is 0.137 e. The molecule has 4 heteroatoms. The van der Waals surface area contributed by atoms with Gasteiger partial charge in [-0.1, -0.05) is 18.2 Å². The van der Waals surface area contributed by atoms with Crippen LogP contribution < -0.4 is 5.73 Å². The van der Waals surface area contributed by atoms with E-state index >= 15 is 0 Å². The van der Waals surface area contributed by atoms with E-state index in [4.69, 9.17) is 10.2 Å². The number of thioether (sulfide) groups is 1. The Morgan fingerprint density at radius 1 is 1.29 bits per heavy atom. The van der Waals surface area contributed by atoms with Gasteiger partial charge in [-0.25, -0.2) is 0 Å². The van der Waals surface area contributed by atoms with E-state index in [1.54, 1.807) is 0 Å². The second-order valence-electron chi connectivity index (χ2n) is 5.52. The van der Waals surface area contributed by atoms with Crippen molar-refractivity contribution in [3.05, 3.63) is 57.0 Å². The van der Waals surface area contributed by atoms with E-state index < -0.39 is 0 Å². The van der Waals surface area contributed by atoms with Gasteiger partial charge in [0.05, 0.1) is 6.04 Å². The Morgan fingerprint density at radius 3 is 3.00 bits per heavy atom. The molecule has 0 aliphatic carbocycles. The fourth-order valence-corrected chi connectivity index (χ4v) is 5.23. The minimum Gasteiger partial charge on any atom is -0.459 e. The number of hydrogen-bond donors (Lipinski definition) is 1. The predicted octanol–water partition coefficient (Wildman–Crippen LogP) is 4.64. The summed E-state index contributed by atoms with van der Waals surface area (Å²) in [4.78, 5) is 2.73. The fourth-order valence-electron chi connectivity index (χ4n) is 2.85. The van der Waals surface area contributed by atoms with E-state index in [1.165, 1.54) is 27.5 Å². The van der Waals surface area contributed by atoms with Gasteiger partial charge in [-0.3, -0.25) is 0 Å². The van der Waals surface area contributed by atoms with E-state index in [0.717, 1.165) is 28.0 Å². The lowest BCUT2D eigenvalue weighted by atomic mass is 10.1. The zero-order valence-electron chi connectivity index (χ0n) is 11.9. The van der Waals surface area contributed by atoms with Crippen molar-refractivity contribution in [1.82, 2.24) is 0 Å². The fraction of sp³-hybridized carbons (Fsp3) is 0.294. The number of hydrogen-bond acceptors (Lipinski definition) is 4. The molecular formula is C17H17NOS2. The van der Waals surface area contributed by atoms with E-state index in [9.17, 15) is 0 Å². The molecule has 1 aliphatic rings. The molecule has 0 fully saturated rings. The van der Waals surface area contributed by atoms with Crippen molar-refractivity contribution in [2.24, 2.45) is 5.73 Å². The summed E-state index contributed by atoms with van der Waals surface area (Å²) in [7, 11) is 0. The molecule has 1 aromatic carbocycles. The first kappa shape index (κ1) is 13.4. The Hall–Kier alpha value is -1.23. The first-order chi connectivity index (χ1) is 10.2. The van der Waals surface area contributed by atoms with Gasteiger partial charge >= 0.3 is 0 Å². The van der Waals surface area contributed by atoms with E-state index in [0.29, 0.717) is 0 Å². The van der Waals surface area contributed by atoms with Gasteiger partial charge in [-0.2, -0.15) is 11.8 Å². The average molecular weight is 315 g/mol. The van der Waals surface area contributed by atoms with Crippen LogP contribution in [0.4, 0.5) is 0 Å². The molecular weight excluding hydrogens is 298 g/mol. The number of furan rings is 1. The monoisotopic (exact) mass is 315 g/mol. The van der Waals surface area contributed by atoms with Gasteiger partial charge in [0.25, 0.3) is 0 Å². The van der Waals surface area contributed by atoms with Crippen LogP contribution in [-0.4, -0.2) is 5.75 Å². The van der Waals surface area contributed by atoms with Crippen molar-refractivity contribution in [2.75, 3.05) is 5.75 Å². The molecule has 2 aromatic heterocycles. The SMILES string of the molecule is Cc1cccc2cc(C(N)c3cc4c(s3)CCSC4)oc12. The van der Waals surface area contributed by atoms with Gasteiger partial charge in [-0.05, 0) is 42.4 Å². The van der Waals surface area contributed by atoms with Crippen LogP contribution in [0.3, 0.4) is 0 Å². The number of rotatable bonds is 2. The van der Waals surface area contributed by atoms with Gasteiger partial charge < -0.3 is 10.2 Å². The van der Waals surface area contributed by atoms with Crippen LogP contribution in [0.1, 0.15) is 32.7 Å². The average Bonchev–Trinajstić information content (AvgIpc) is 3.11. The van der Waals surface area contributed by atoms with Gasteiger partial charge in [0, 0.05) is 20.9 Å². The maximum absolute atomic E-state index is 6.45. The zero-order valence-corrected chi connectivity index (χ0v) is 13.5. The first-order valence-electron chi connectivity index (χ1n) is 7.16. The number of fused-ring (bicyclic) bond motifs is 2. The summed E-state index contributed by atoms with van der Waals surface area (Å²) in [5.41, 5.74) is 10.0. The summed E-state index contributed by atoms with van der Waals surface area (Å²) in [6, 6.07) is 10.4. The molecule has 3 aromatic rings. The lowest BCUT2D eigenvalue weighted by Gasteiger charge is -2.08. The standard InChI is InChI=1S/C17H17NOS2/c1-10-3-2-4-11-7-13(19-17(10)11)16(18)15-8-12-9-20-6-5-14(12)21-15/h2-4,7-8,16H,5-6,9,18H2,1H3. The zero-order chi connectivity index (χ0) is 14.4. The van der Waals surface area contributed by atoms with Crippen LogP contribution in [0.5, 0.6) is 0 Å². The Bertz CT molecular complexity index is 779. The Balaban J connectivity index is 1.73. The van der Waals surface area contributed by atoms with Gasteiger partial charge in [0.2, 0.25) is 0 Å². The largest absolute Gasteiger partial charge is 0.459 e. The predicted molar refractivity (Wildman–Crippen MR) is 91.2 cm³/mol. The van der Waals surface area contributed by atoms with Crippen LogP contribution in [0.25, 0.3) is 11.0 Å². The minimum atomic E-state index is -0.155. The number of benzene rings is 1. The van der Waals surface area contributed by atoms with Gasteiger partial charge in [0.1, 0.15) is 11.3 Å². The maximum atomic E-state index is 6.45. The van der Waals surface area contributed by atoms with Crippen molar-refractivity contribution in [3.8, 4) is 0 Å². The highest BCUT2D eigenvalue weighted by atomic mass is 32.2. The summed E-state index contributed by atoms with van der Waals surface area (Å²) in [5.74, 6) is 3.22. The molecule has 0 spiro atoms. The summed E-state index contributed by atoms with van der Waals surface area (Å²) in [6.07, 6.45) is 1.18. The normalized spacial score (nSPS) is 16.1. The van der Waals surface area contributed by atoms with Crippen molar-refractivity contribution in [3.63, 3.8) is 0 Å². The van der Waals surface area contributed by atoms with Gasteiger partial charge in [-0.15, -0.1) is 11.3 Å². The van der Waals surface area contributed by atoms with Crippen LogP contribution in [-0.2, 0) is 12.2 Å². The molecule has 0 bridgehead atoms. The third-order valence-corrected chi connectivity index (χ3v) is 6.35. The number of aryl methyl sites for hydroxylation is 2. The van der Waals surface area contributed by atoms with Crippen molar-refractivity contribution in [1.29, 1.82) is 0 Å². The topological polar surface area (TPSA) is 39.2 Å². The molecule has 1 unspecified atom stereocenters. The molecule has 0 amide bonds.